The van der Waals surface area contributed by atoms with Crippen molar-refractivity contribution in [3.63, 3.8) is 0 Å². The summed E-state index contributed by atoms with van der Waals surface area (Å²) in [6.45, 7) is 3.42. The number of rotatable bonds is 9. The number of carbonyl (C=O) groups is 1. The van der Waals surface area contributed by atoms with Gasteiger partial charge in [-0.25, -0.2) is 8.42 Å². The molecule has 0 spiro atoms. The molecule has 0 radical (unpaired) electrons. The van der Waals surface area contributed by atoms with Crippen molar-refractivity contribution in [3.8, 4) is 5.75 Å². The van der Waals surface area contributed by atoms with Crippen LogP contribution < -0.4 is 14.4 Å². The first-order valence-corrected chi connectivity index (χ1v) is 13.8. The number of methoxy groups -OCH3 is 1. The predicted octanol–water partition coefficient (Wildman–Crippen LogP) is 6.07. The molecule has 1 amide bonds. The number of hydrogen-bond acceptors (Lipinski definition) is 4. The van der Waals surface area contributed by atoms with Crippen molar-refractivity contribution >= 4 is 33.2 Å². The number of nitrogens with zero attached hydrogens (tertiary/aromatic N) is 1. The molecule has 4 rings (SSSR count). The molecule has 4 aromatic rings. The van der Waals surface area contributed by atoms with Gasteiger partial charge < -0.3 is 10.1 Å². The minimum absolute atomic E-state index is 0.0704. The summed E-state index contributed by atoms with van der Waals surface area (Å²) in [7, 11) is -2.62. The van der Waals surface area contributed by atoms with E-state index in [0.29, 0.717) is 5.75 Å². The first kappa shape index (κ1) is 27.2. The maximum Gasteiger partial charge on any atom is 0.264 e. The molecular formula is C30H29ClN2O4S. The second-order valence-electron chi connectivity index (χ2n) is 8.97. The number of amides is 1. The Labute approximate surface area is 228 Å². The lowest BCUT2D eigenvalue weighted by atomic mass is 9.98. The Balaban J connectivity index is 1.71. The molecule has 0 bridgehead atoms. The van der Waals surface area contributed by atoms with Crippen LogP contribution in [0.25, 0.3) is 0 Å². The smallest absolute Gasteiger partial charge is 0.264 e. The molecule has 0 aliphatic carbocycles. The number of anilines is 1. The summed E-state index contributed by atoms with van der Waals surface area (Å²) >= 11 is 6.34. The molecular weight excluding hydrogens is 520 g/mol. The number of sulfonamides is 1. The molecule has 0 aliphatic rings. The van der Waals surface area contributed by atoms with E-state index in [1.165, 1.54) is 25.3 Å². The van der Waals surface area contributed by atoms with Crippen LogP contribution in [0.3, 0.4) is 0 Å². The third kappa shape index (κ3) is 6.18. The fourth-order valence-electron chi connectivity index (χ4n) is 4.06. The zero-order valence-electron chi connectivity index (χ0n) is 21.4. The summed E-state index contributed by atoms with van der Waals surface area (Å²) in [5, 5.41) is 3.27. The van der Waals surface area contributed by atoms with E-state index >= 15 is 0 Å². The summed E-state index contributed by atoms with van der Waals surface area (Å²) in [6, 6.07) is 28.1. The van der Waals surface area contributed by atoms with Gasteiger partial charge in [0.2, 0.25) is 5.91 Å². The van der Waals surface area contributed by atoms with Crippen LogP contribution >= 0.6 is 11.6 Å². The topological polar surface area (TPSA) is 75.7 Å². The third-order valence-electron chi connectivity index (χ3n) is 6.17. The number of hydrogen-bond donors (Lipinski definition) is 1. The van der Waals surface area contributed by atoms with Crippen molar-refractivity contribution in [2.45, 2.75) is 24.8 Å². The van der Waals surface area contributed by atoms with E-state index in [9.17, 15) is 13.2 Å². The molecule has 0 saturated heterocycles. The zero-order chi connectivity index (χ0) is 27.3. The SMILES string of the molecule is COc1ccc(N(CC(=O)N[C@H](c2ccccc2)c2ccc(C)cc2)S(=O)(=O)c2ccc(C)cc2)cc1Cl. The van der Waals surface area contributed by atoms with E-state index in [1.54, 1.807) is 24.3 Å². The van der Waals surface area contributed by atoms with Crippen LogP contribution in [0.15, 0.2) is 102 Å². The highest BCUT2D eigenvalue weighted by Gasteiger charge is 2.29. The number of ether oxygens (including phenoxy) is 1. The lowest BCUT2D eigenvalue weighted by Crippen LogP contribution is -2.42. The van der Waals surface area contributed by atoms with Gasteiger partial charge in [0, 0.05) is 0 Å². The molecule has 4 aromatic carbocycles. The van der Waals surface area contributed by atoms with Crippen LogP contribution in [0, 0.1) is 13.8 Å². The monoisotopic (exact) mass is 548 g/mol. The average Bonchev–Trinajstić information content (AvgIpc) is 2.91. The summed E-state index contributed by atoms with van der Waals surface area (Å²) in [6.07, 6.45) is 0. The molecule has 1 atom stereocenters. The molecule has 0 aliphatic heterocycles. The van der Waals surface area contributed by atoms with Gasteiger partial charge in [-0.05, 0) is 55.3 Å². The average molecular weight is 549 g/mol. The molecule has 196 valence electrons. The highest BCUT2D eigenvalue weighted by Crippen LogP contribution is 2.32. The van der Waals surface area contributed by atoms with Gasteiger partial charge in [0.1, 0.15) is 12.3 Å². The largest absolute Gasteiger partial charge is 0.495 e. The lowest BCUT2D eigenvalue weighted by Gasteiger charge is -2.26. The third-order valence-corrected chi connectivity index (χ3v) is 8.25. The molecule has 8 heteroatoms. The zero-order valence-corrected chi connectivity index (χ0v) is 23.0. The van der Waals surface area contributed by atoms with Gasteiger partial charge in [0.05, 0.1) is 28.8 Å². The first-order valence-electron chi connectivity index (χ1n) is 12.0. The Morgan fingerprint density at radius 2 is 1.45 bits per heavy atom. The van der Waals surface area contributed by atoms with Crippen molar-refractivity contribution < 1.29 is 17.9 Å². The number of aryl methyl sites for hydroxylation is 2. The summed E-state index contributed by atoms with van der Waals surface area (Å²) in [4.78, 5) is 13.6. The van der Waals surface area contributed by atoms with E-state index in [4.69, 9.17) is 16.3 Å². The van der Waals surface area contributed by atoms with E-state index in [1.807, 2.05) is 68.4 Å². The van der Waals surface area contributed by atoms with Crippen LogP contribution in [-0.4, -0.2) is 28.0 Å². The Morgan fingerprint density at radius 1 is 0.868 bits per heavy atom. The van der Waals surface area contributed by atoms with Crippen LogP contribution in [0.1, 0.15) is 28.3 Å². The number of halogens is 1. The predicted molar refractivity (Wildman–Crippen MR) is 151 cm³/mol. The lowest BCUT2D eigenvalue weighted by molar-refractivity contribution is -0.120. The molecule has 38 heavy (non-hydrogen) atoms. The normalized spacial score (nSPS) is 12.0. The van der Waals surface area contributed by atoms with Crippen LogP contribution in [0.2, 0.25) is 5.02 Å². The van der Waals surface area contributed by atoms with Gasteiger partial charge in [-0.1, -0.05) is 89.5 Å². The Kier molecular flexibility index (Phi) is 8.39. The van der Waals surface area contributed by atoms with Crippen molar-refractivity contribution in [2.24, 2.45) is 0 Å². The van der Waals surface area contributed by atoms with E-state index in [0.717, 1.165) is 26.6 Å². The van der Waals surface area contributed by atoms with Gasteiger partial charge in [-0.3, -0.25) is 9.10 Å². The number of nitrogens with one attached hydrogen (secondary N) is 1. The second kappa shape index (κ2) is 11.7. The van der Waals surface area contributed by atoms with Crippen LogP contribution in [-0.2, 0) is 14.8 Å². The maximum absolute atomic E-state index is 13.8. The molecule has 0 saturated carbocycles. The van der Waals surface area contributed by atoms with Gasteiger partial charge in [0.25, 0.3) is 10.0 Å². The second-order valence-corrected chi connectivity index (χ2v) is 11.2. The van der Waals surface area contributed by atoms with Crippen molar-refractivity contribution in [3.05, 3.63) is 124 Å². The molecule has 1 N–H and O–H groups in total. The van der Waals surface area contributed by atoms with Crippen molar-refractivity contribution in [2.75, 3.05) is 18.0 Å². The highest BCUT2D eigenvalue weighted by atomic mass is 35.5. The van der Waals surface area contributed by atoms with Gasteiger partial charge in [0.15, 0.2) is 0 Å². The summed E-state index contributed by atoms with van der Waals surface area (Å²) in [5.41, 5.74) is 4.03. The minimum Gasteiger partial charge on any atom is -0.495 e. The fraction of sp³-hybridized carbons (Fsp3) is 0.167. The standard InChI is InChI=1S/C30H29ClN2O4S/c1-21-9-13-24(14-10-21)30(23-7-5-4-6-8-23)32-29(34)20-33(25-15-18-28(37-3)27(31)19-25)38(35,36)26-16-11-22(2)12-17-26/h4-19,30H,20H2,1-3H3,(H,32,34)/t30-/m1/s1. The van der Waals surface area contributed by atoms with Gasteiger partial charge in [-0.2, -0.15) is 0 Å². The maximum atomic E-state index is 13.8. The van der Waals surface area contributed by atoms with Gasteiger partial charge >= 0.3 is 0 Å². The fourth-order valence-corrected chi connectivity index (χ4v) is 5.73. The molecule has 0 fully saturated rings. The molecule has 0 aromatic heterocycles. The Bertz CT molecular complexity index is 1510. The Morgan fingerprint density at radius 3 is 2.03 bits per heavy atom. The van der Waals surface area contributed by atoms with Gasteiger partial charge in [-0.15, -0.1) is 0 Å². The molecule has 0 unspecified atom stereocenters. The van der Waals surface area contributed by atoms with Crippen molar-refractivity contribution in [1.29, 1.82) is 0 Å². The van der Waals surface area contributed by atoms with E-state index in [2.05, 4.69) is 5.32 Å². The van der Waals surface area contributed by atoms with Crippen LogP contribution in [0.5, 0.6) is 5.75 Å². The Hall–Kier alpha value is -3.81. The summed E-state index contributed by atoms with van der Waals surface area (Å²) in [5.74, 6) is -0.0712. The van der Waals surface area contributed by atoms with Crippen LogP contribution in [0.4, 0.5) is 5.69 Å². The van der Waals surface area contributed by atoms with E-state index < -0.39 is 28.5 Å². The quantitative estimate of drug-likeness (QED) is 0.275. The highest BCUT2D eigenvalue weighted by molar-refractivity contribution is 7.92. The minimum atomic E-state index is -4.10. The molecule has 6 nitrogen and oxygen atoms in total. The van der Waals surface area contributed by atoms with E-state index in [-0.39, 0.29) is 15.6 Å². The number of benzene rings is 4. The van der Waals surface area contributed by atoms with Crippen molar-refractivity contribution in [1.82, 2.24) is 5.32 Å². The summed E-state index contributed by atoms with van der Waals surface area (Å²) < 4.78 is 33.8. The first-order chi connectivity index (χ1) is 18.2. The number of carbonyl (C=O) groups excluding carboxylic acids is 1. The molecule has 0 heterocycles.